The Morgan fingerprint density at radius 1 is 1.00 bits per heavy atom. The number of likely N-dealkylation sites (tertiary alicyclic amines) is 1. The number of nitrogens with zero attached hydrogens (tertiary/aromatic N) is 2. The van der Waals surface area contributed by atoms with E-state index in [1.165, 1.54) is 39.2 Å². The largest absolute Gasteiger partial charge is 0.467 e. The predicted octanol–water partition coefficient (Wildman–Crippen LogP) is 2.92. The van der Waals surface area contributed by atoms with Crippen molar-refractivity contribution < 1.29 is 14.3 Å². The van der Waals surface area contributed by atoms with Crippen molar-refractivity contribution in [2.24, 2.45) is 5.92 Å². The van der Waals surface area contributed by atoms with Gasteiger partial charge in [-0.15, -0.1) is 0 Å². The fourth-order valence-corrected chi connectivity index (χ4v) is 4.90. The Labute approximate surface area is 191 Å². The Morgan fingerprint density at radius 3 is 2.31 bits per heavy atom. The van der Waals surface area contributed by atoms with E-state index in [9.17, 15) is 14.4 Å². The second kappa shape index (κ2) is 11.6. The lowest BCUT2D eigenvalue weighted by molar-refractivity contribution is -0.144. The van der Waals surface area contributed by atoms with Crippen molar-refractivity contribution >= 4 is 11.9 Å². The van der Waals surface area contributed by atoms with Crippen LogP contribution in [0.15, 0.2) is 10.9 Å². The topological polar surface area (TPSA) is 80.6 Å². The zero-order chi connectivity index (χ0) is 23.1. The minimum atomic E-state index is -0.782. The molecule has 3 rings (SSSR count). The molecule has 32 heavy (non-hydrogen) atoms. The van der Waals surface area contributed by atoms with Gasteiger partial charge >= 0.3 is 5.97 Å². The van der Waals surface area contributed by atoms with E-state index in [0.29, 0.717) is 6.54 Å². The first-order chi connectivity index (χ1) is 15.4. The summed E-state index contributed by atoms with van der Waals surface area (Å²) < 4.78 is 6.70. The summed E-state index contributed by atoms with van der Waals surface area (Å²) in [4.78, 5) is 41.2. The summed E-state index contributed by atoms with van der Waals surface area (Å²) in [6.45, 7) is 7.28. The van der Waals surface area contributed by atoms with E-state index in [0.717, 1.165) is 56.6 Å². The average molecular weight is 446 g/mol. The van der Waals surface area contributed by atoms with E-state index in [1.54, 1.807) is 6.07 Å². The number of ether oxygens (including phenoxy) is 1. The summed E-state index contributed by atoms with van der Waals surface area (Å²) in [5, 5.41) is 2.75. The number of piperidine rings is 1. The molecule has 178 valence electrons. The van der Waals surface area contributed by atoms with Gasteiger partial charge in [0.25, 0.3) is 11.5 Å². The van der Waals surface area contributed by atoms with Gasteiger partial charge in [-0.3, -0.25) is 9.59 Å². The lowest BCUT2D eigenvalue weighted by atomic mass is 9.95. The second-order valence-corrected chi connectivity index (χ2v) is 9.52. The minimum Gasteiger partial charge on any atom is -0.467 e. The number of carbonyl (C=O) groups excluding carboxylic acids is 2. The summed E-state index contributed by atoms with van der Waals surface area (Å²) in [7, 11) is 1.31. The molecule has 0 radical (unpaired) electrons. The SMILES string of the molecule is COC(=O)[C@@H](NC(=O)c1cc2c(n(CCN3CCCCC3)c1=O)CCCCCC2)C(C)C. The Hall–Kier alpha value is -2.15. The van der Waals surface area contributed by atoms with Crippen molar-refractivity contribution in [1.29, 1.82) is 0 Å². The number of rotatable bonds is 7. The normalized spacial score (nSPS) is 18.4. The molecule has 2 aliphatic rings. The van der Waals surface area contributed by atoms with Gasteiger partial charge in [-0.25, -0.2) is 4.79 Å². The number of esters is 1. The number of carbonyl (C=O) groups is 2. The Bertz CT molecular complexity index is 855. The van der Waals surface area contributed by atoms with E-state index in [1.807, 2.05) is 18.4 Å². The van der Waals surface area contributed by atoms with Gasteiger partial charge in [-0.05, 0) is 69.2 Å². The van der Waals surface area contributed by atoms with E-state index in [-0.39, 0.29) is 17.0 Å². The van der Waals surface area contributed by atoms with Gasteiger partial charge in [0.1, 0.15) is 11.6 Å². The third kappa shape index (κ3) is 6.00. The molecule has 1 N–H and O–H groups in total. The van der Waals surface area contributed by atoms with E-state index < -0.39 is 17.9 Å². The average Bonchev–Trinajstić information content (AvgIpc) is 2.77. The number of fused-ring (bicyclic) bond motifs is 1. The van der Waals surface area contributed by atoms with Gasteiger partial charge in [0.05, 0.1) is 7.11 Å². The van der Waals surface area contributed by atoms with Crippen molar-refractivity contribution in [1.82, 2.24) is 14.8 Å². The van der Waals surface area contributed by atoms with E-state index >= 15 is 0 Å². The fraction of sp³-hybridized carbons (Fsp3) is 0.720. The maximum Gasteiger partial charge on any atom is 0.328 e. The molecule has 1 aromatic rings. The van der Waals surface area contributed by atoms with Crippen LogP contribution in [0.1, 0.15) is 80.4 Å². The van der Waals surface area contributed by atoms with Gasteiger partial charge in [-0.2, -0.15) is 0 Å². The number of hydrogen-bond acceptors (Lipinski definition) is 5. The molecule has 1 aliphatic carbocycles. The maximum atomic E-state index is 13.5. The highest BCUT2D eigenvalue weighted by atomic mass is 16.5. The molecule has 1 aliphatic heterocycles. The van der Waals surface area contributed by atoms with Crippen LogP contribution in [0.2, 0.25) is 0 Å². The maximum absolute atomic E-state index is 13.5. The summed E-state index contributed by atoms with van der Waals surface area (Å²) in [5.41, 5.74) is 2.09. The molecule has 1 saturated heterocycles. The smallest absolute Gasteiger partial charge is 0.328 e. The van der Waals surface area contributed by atoms with Crippen LogP contribution >= 0.6 is 0 Å². The summed E-state index contributed by atoms with van der Waals surface area (Å²) in [5.74, 6) is -1.13. The zero-order valence-corrected chi connectivity index (χ0v) is 20.0. The van der Waals surface area contributed by atoms with Gasteiger partial charge in [0.15, 0.2) is 0 Å². The van der Waals surface area contributed by atoms with Crippen LogP contribution in [0, 0.1) is 5.92 Å². The number of pyridine rings is 1. The van der Waals surface area contributed by atoms with Crippen LogP contribution in [0.3, 0.4) is 0 Å². The number of methoxy groups -OCH3 is 1. The number of aryl methyl sites for hydroxylation is 1. The van der Waals surface area contributed by atoms with Crippen LogP contribution in [0.25, 0.3) is 0 Å². The van der Waals surface area contributed by atoms with Crippen LogP contribution < -0.4 is 10.9 Å². The Kier molecular flexibility index (Phi) is 8.91. The molecule has 1 fully saturated rings. The lowest BCUT2D eigenvalue weighted by Gasteiger charge is -2.28. The monoisotopic (exact) mass is 445 g/mol. The van der Waals surface area contributed by atoms with Gasteiger partial charge in [0.2, 0.25) is 0 Å². The predicted molar refractivity (Wildman–Crippen MR) is 125 cm³/mol. The highest BCUT2D eigenvalue weighted by Crippen LogP contribution is 2.21. The van der Waals surface area contributed by atoms with Crippen molar-refractivity contribution in [2.45, 2.75) is 84.2 Å². The van der Waals surface area contributed by atoms with E-state index in [4.69, 9.17) is 4.74 Å². The van der Waals surface area contributed by atoms with Gasteiger partial charge in [0, 0.05) is 18.8 Å². The molecule has 2 heterocycles. The third-order valence-electron chi connectivity index (χ3n) is 6.84. The van der Waals surface area contributed by atoms with Crippen LogP contribution in [-0.2, 0) is 28.9 Å². The quantitative estimate of drug-likeness (QED) is 0.653. The molecule has 1 amide bonds. The summed E-state index contributed by atoms with van der Waals surface area (Å²) >= 11 is 0. The van der Waals surface area contributed by atoms with Crippen molar-refractivity contribution in [3.8, 4) is 0 Å². The highest BCUT2D eigenvalue weighted by Gasteiger charge is 2.28. The molecule has 0 aromatic carbocycles. The zero-order valence-electron chi connectivity index (χ0n) is 20.0. The highest BCUT2D eigenvalue weighted by molar-refractivity contribution is 5.96. The van der Waals surface area contributed by atoms with Crippen LogP contribution in [-0.4, -0.2) is 54.1 Å². The number of hydrogen-bond donors (Lipinski definition) is 1. The molecular weight excluding hydrogens is 406 g/mol. The molecule has 0 spiro atoms. The first-order valence-corrected chi connectivity index (χ1v) is 12.3. The van der Waals surface area contributed by atoms with Crippen molar-refractivity contribution in [3.63, 3.8) is 0 Å². The minimum absolute atomic E-state index is 0.137. The van der Waals surface area contributed by atoms with Crippen LogP contribution in [0.4, 0.5) is 0 Å². The molecule has 0 unspecified atom stereocenters. The molecule has 7 nitrogen and oxygen atoms in total. The summed E-state index contributed by atoms with van der Waals surface area (Å²) in [6.07, 6.45) is 9.93. The molecule has 1 aromatic heterocycles. The molecule has 7 heteroatoms. The van der Waals surface area contributed by atoms with Crippen LogP contribution in [0.5, 0.6) is 0 Å². The number of amides is 1. The standard InChI is InChI=1S/C25H39N3O4/c1-18(2)22(25(31)32-3)26-23(29)20-17-19-11-7-4-5-8-12-21(19)28(24(20)30)16-15-27-13-9-6-10-14-27/h17-18,22H,4-16H2,1-3H3,(H,26,29)/t22-/m0/s1. The fourth-order valence-electron chi connectivity index (χ4n) is 4.90. The van der Waals surface area contributed by atoms with Crippen molar-refractivity contribution in [3.05, 3.63) is 33.2 Å². The number of aromatic nitrogens is 1. The van der Waals surface area contributed by atoms with Gasteiger partial charge in [-0.1, -0.05) is 33.1 Å². The number of nitrogens with one attached hydrogen (secondary N) is 1. The first-order valence-electron chi connectivity index (χ1n) is 12.3. The van der Waals surface area contributed by atoms with Crippen molar-refractivity contribution in [2.75, 3.05) is 26.7 Å². The second-order valence-electron chi connectivity index (χ2n) is 9.52. The van der Waals surface area contributed by atoms with Gasteiger partial charge < -0.3 is 19.5 Å². The Morgan fingerprint density at radius 2 is 1.66 bits per heavy atom. The molecule has 1 atom stereocenters. The third-order valence-corrected chi connectivity index (χ3v) is 6.84. The summed E-state index contributed by atoms with van der Waals surface area (Å²) in [6, 6.07) is 1.00. The molecule has 0 saturated carbocycles. The molecule has 0 bridgehead atoms. The molecular formula is C25H39N3O4. The lowest BCUT2D eigenvalue weighted by Crippen LogP contribution is -2.47. The Balaban J connectivity index is 1.92. The first kappa shape index (κ1) is 24.5. The van der Waals surface area contributed by atoms with E-state index in [2.05, 4.69) is 10.2 Å².